The summed E-state index contributed by atoms with van der Waals surface area (Å²) in [4.78, 5) is 12.1. The predicted octanol–water partition coefficient (Wildman–Crippen LogP) is 1.75. The molecule has 0 bridgehead atoms. The highest BCUT2D eigenvalue weighted by Gasteiger charge is 2.08. The van der Waals surface area contributed by atoms with Gasteiger partial charge in [0.25, 0.3) is 5.91 Å². The third kappa shape index (κ3) is 2.92. The molecule has 6 nitrogen and oxygen atoms in total. The molecule has 0 aliphatic heterocycles. The van der Waals surface area contributed by atoms with Crippen molar-refractivity contribution in [3.05, 3.63) is 41.7 Å². The van der Waals surface area contributed by atoms with Crippen molar-refractivity contribution in [2.75, 3.05) is 10.7 Å². The number of nitrogens with one attached hydrogen (secondary N) is 2. The van der Waals surface area contributed by atoms with Gasteiger partial charge < -0.3 is 10.7 Å². The van der Waals surface area contributed by atoms with E-state index in [0.29, 0.717) is 11.3 Å². The number of nitrogens with two attached hydrogens (primary N) is 1. The number of nitrogens with zero attached hydrogens (tertiary/aromatic N) is 2. The molecule has 1 heterocycles. The monoisotopic (exact) mass is 259 g/mol. The molecule has 0 aliphatic rings. The molecule has 0 aliphatic carbocycles. The van der Waals surface area contributed by atoms with Crippen molar-refractivity contribution in [2.45, 2.75) is 20.4 Å². The van der Waals surface area contributed by atoms with Crippen LogP contribution in [0.1, 0.15) is 22.8 Å². The van der Waals surface area contributed by atoms with Gasteiger partial charge in [0.2, 0.25) is 0 Å². The highest BCUT2D eigenvalue weighted by molar-refractivity contribution is 6.04. The standard InChI is InChI=1S/C13H17N5O/c1-3-18-8-11(7-15-18)16-13(19)10-4-5-12(17-14)9(2)6-10/h4-8,17H,3,14H2,1-2H3,(H,16,19). The molecule has 1 amide bonds. The second kappa shape index (κ2) is 5.53. The van der Waals surface area contributed by atoms with E-state index in [9.17, 15) is 4.79 Å². The van der Waals surface area contributed by atoms with Crippen LogP contribution in [0.25, 0.3) is 0 Å². The fourth-order valence-corrected chi connectivity index (χ4v) is 1.77. The minimum Gasteiger partial charge on any atom is -0.324 e. The SMILES string of the molecule is CCn1cc(NC(=O)c2ccc(NN)c(C)c2)cn1. The molecule has 4 N–H and O–H groups in total. The van der Waals surface area contributed by atoms with E-state index in [1.165, 1.54) is 0 Å². The Morgan fingerprint density at radius 1 is 1.47 bits per heavy atom. The van der Waals surface area contributed by atoms with Gasteiger partial charge >= 0.3 is 0 Å². The van der Waals surface area contributed by atoms with Gasteiger partial charge in [0.15, 0.2) is 0 Å². The molecule has 0 unspecified atom stereocenters. The number of aryl methyl sites for hydroxylation is 2. The molecular weight excluding hydrogens is 242 g/mol. The van der Waals surface area contributed by atoms with Gasteiger partial charge in [-0.1, -0.05) is 0 Å². The molecule has 0 saturated carbocycles. The average molecular weight is 259 g/mol. The number of benzene rings is 1. The lowest BCUT2D eigenvalue weighted by Gasteiger charge is -2.07. The van der Waals surface area contributed by atoms with Gasteiger partial charge in [-0.25, -0.2) is 0 Å². The van der Waals surface area contributed by atoms with Crippen LogP contribution in [0.4, 0.5) is 11.4 Å². The number of rotatable bonds is 4. The third-order valence-electron chi connectivity index (χ3n) is 2.86. The minimum absolute atomic E-state index is 0.165. The van der Waals surface area contributed by atoms with Gasteiger partial charge in [0.1, 0.15) is 0 Å². The summed E-state index contributed by atoms with van der Waals surface area (Å²) in [6.07, 6.45) is 3.42. The summed E-state index contributed by atoms with van der Waals surface area (Å²) in [7, 11) is 0. The zero-order chi connectivity index (χ0) is 13.8. The summed E-state index contributed by atoms with van der Waals surface area (Å²) in [5, 5.41) is 6.91. The van der Waals surface area contributed by atoms with E-state index in [-0.39, 0.29) is 5.91 Å². The van der Waals surface area contributed by atoms with E-state index in [1.807, 2.05) is 13.8 Å². The van der Waals surface area contributed by atoms with Crippen molar-refractivity contribution in [1.82, 2.24) is 9.78 Å². The van der Waals surface area contributed by atoms with Crippen molar-refractivity contribution in [3.8, 4) is 0 Å². The van der Waals surface area contributed by atoms with Crippen LogP contribution in [0.2, 0.25) is 0 Å². The summed E-state index contributed by atoms with van der Waals surface area (Å²) in [6.45, 7) is 4.65. The van der Waals surface area contributed by atoms with Gasteiger partial charge in [-0.05, 0) is 37.6 Å². The maximum atomic E-state index is 12.1. The molecule has 1 aromatic heterocycles. The molecule has 0 radical (unpaired) electrons. The van der Waals surface area contributed by atoms with Crippen LogP contribution in [0.5, 0.6) is 0 Å². The van der Waals surface area contributed by atoms with Crippen LogP contribution < -0.4 is 16.6 Å². The van der Waals surface area contributed by atoms with Crippen LogP contribution in [-0.4, -0.2) is 15.7 Å². The molecule has 2 aromatic rings. The van der Waals surface area contributed by atoms with Gasteiger partial charge in [-0.2, -0.15) is 5.10 Å². The Hall–Kier alpha value is -2.34. The Bertz CT molecular complexity index is 590. The van der Waals surface area contributed by atoms with Gasteiger partial charge in [-0.15, -0.1) is 0 Å². The number of hydrazine groups is 1. The normalized spacial score (nSPS) is 10.3. The molecule has 6 heteroatoms. The van der Waals surface area contributed by atoms with Gasteiger partial charge in [-0.3, -0.25) is 15.3 Å². The first-order valence-corrected chi connectivity index (χ1v) is 6.05. The third-order valence-corrected chi connectivity index (χ3v) is 2.86. The van der Waals surface area contributed by atoms with E-state index < -0.39 is 0 Å². The molecule has 0 spiro atoms. The summed E-state index contributed by atoms with van der Waals surface area (Å²) in [5.41, 5.74) is 5.56. The zero-order valence-electron chi connectivity index (χ0n) is 11.0. The fraction of sp³-hybridized carbons (Fsp3) is 0.231. The smallest absolute Gasteiger partial charge is 0.255 e. The van der Waals surface area contributed by atoms with E-state index in [0.717, 1.165) is 17.8 Å². The van der Waals surface area contributed by atoms with Gasteiger partial charge in [0, 0.05) is 18.3 Å². The molecule has 100 valence electrons. The number of amides is 1. The number of nitrogen functional groups attached to an aromatic ring is 1. The van der Waals surface area contributed by atoms with Crippen LogP contribution in [0.3, 0.4) is 0 Å². The number of hydrogen-bond donors (Lipinski definition) is 3. The highest BCUT2D eigenvalue weighted by atomic mass is 16.1. The van der Waals surface area contributed by atoms with Crippen LogP contribution in [0.15, 0.2) is 30.6 Å². The molecular formula is C13H17N5O. The Kier molecular flexibility index (Phi) is 3.82. The number of carbonyl (C=O) groups is 1. The van der Waals surface area contributed by atoms with Crippen molar-refractivity contribution >= 4 is 17.3 Å². The largest absolute Gasteiger partial charge is 0.324 e. The fourth-order valence-electron chi connectivity index (χ4n) is 1.77. The molecule has 0 fully saturated rings. The Balaban J connectivity index is 2.13. The summed E-state index contributed by atoms with van der Waals surface area (Å²) < 4.78 is 1.75. The quantitative estimate of drug-likeness (QED) is 0.577. The molecule has 2 rings (SSSR count). The van der Waals surface area contributed by atoms with E-state index in [2.05, 4.69) is 15.8 Å². The zero-order valence-corrected chi connectivity index (χ0v) is 11.0. The first-order chi connectivity index (χ1) is 9.13. The van der Waals surface area contributed by atoms with E-state index in [1.54, 1.807) is 35.3 Å². The maximum Gasteiger partial charge on any atom is 0.255 e. The summed E-state index contributed by atoms with van der Waals surface area (Å²) in [5.74, 6) is 5.19. The first-order valence-electron chi connectivity index (χ1n) is 6.05. The van der Waals surface area contributed by atoms with Crippen molar-refractivity contribution in [1.29, 1.82) is 0 Å². The number of hydrogen-bond acceptors (Lipinski definition) is 4. The number of aromatic nitrogens is 2. The van der Waals surface area contributed by atoms with Crippen molar-refractivity contribution in [2.24, 2.45) is 5.84 Å². The minimum atomic E-state index is -0.165. The number of anilines is 2. The second-order valence-corrected chi connectivity index (χ2v) is 4.21. The number of carbonyl (C=O) groups excluding carboxylic acids is 1. The highest BCUT2D eigenvalue weighted by Crippen LogP contribution is 2.16. The van der Waals surface area contributed by atoms with E-state index in [4.69, 9.17) is 5.84 Å². The topological polar surface area (TPSA) is 85.0 Å². The Labute approximate surface area is 111 Å². The lowest BCUT2D eigenvalue weighted by molar-refractivity contribution is 0.102. The summed E-state index contributed by atoms with van der Waals surface area (Å²) >= 11 is 0. The van der Waals surface area contributed by atoms with E-state index >= 15 is 0 Å². The Morgan fingerprint density at radius 2 is 2.26 bits per heavy atom. The molecule has 1 aromatic carbocycles. The van der Waals surface area contributed by atoms with Crippen LogP contribution in [-0.2, 0) is 6.54 Å². The molecule has 0 saturated heterocycles. The van der Waals surface area contributed by atoms with Crippen LogP contribution >= 0.6 is 0 Å². The van der Waals surface area contributed by atoms with Crippen LogP contribution in [0, 0.1) is 6.92 Å². The lowest BCUT2D eigenvalue weighted by Crippen LogP contribution is -2.13. The summed E-state index contributed by atoms with van der Waals surface area (Å²) in [6, 6.07) is 5.29. The molecule has 19 heavy (non-hydrogen) atoms. The maximum absolute atomic E-state index is 12.1. The second-order valence-electron chi connectivity index (χ2n) is 4.21. The first kappa shape index (κ1) is 13.1. The lowest BCUT2D eigenvalue weighted by atomic mass is 10.1. The van der Waals surface area contributed by atoms with Gasteiger partial charge in [0.05, 0.1) is 17.6 Å². The Morgan fingerprint density at radius 3 is 2.84 bits per heavy atom. The van der Waals surface area contributed by atoms with Crippen molar-refractivity contribution in [3.63, 3.8) is 0 Å². The predicted molar refractivity (Wildman–Crippen MR) is 74.8 cm³/mol. The molecule has 0 atom stereocenters. The van der Waals surface area contributed by atoms with Crippen molar-refractivity contribution < 1.29 is 4.79 Å². The average Bonchev–Trinajstić information content (AvgIpc) is 2.86.